The highest BCUT2D eigenvalue weighted by Gasteiger charge is 2.13. The zero-order chi connectivity index (χ0) is 31.8. The van der Waals surface area contributed by atoms with Gasteiger partial charge < -0.3 is 5.11 Å². The van der Waals surface area contributed by atoms with E-state index in [2.05, 4.69) is 69.2 Å². The van der Waals surface area contributed by atoms with Crippen LogP contribution in [0.3, 0.4) is 0 Å². The molecule has 1 N–H and O–H groups in total. The monoisotopic (exact) mass is 593 g/mol. The quantitative estimate of drug-likeness (QED) is 0.0879. The molecule has 0 radical (unpaired) electrons. The van der Waals surface area contributed by atoms with Gasteiger partial charge in [0.05, 0.1) is 6.10 Å². The number of hydrogen-bond acceptors (Lipinski definition) is 1. The number of rotatable bonds is 30. The first-order valence-electron chi connectivity index (χ1n) is 19.6. The molecule has 42 heavy (non-hydrogen) atoms. The lowest BCUT2D eigenvalue weighted by Crippen LogP contribution is -2.11. The second-order valence-corrected chi connectivity index (χ2v) is 16.8. The van der Waals surface area contributed by atoms with E-state index in [1.165, 1.54) is 128 Å². The fourth-order valence-corrected chi connectivity index (χ4v) is 6.97. The molecule has 0 aromatic rings. The molecule has 0 amide bonds. The van der Waals surface area contributed by atoms with Crippen LogP contribution in [-0.2, 0) is 0 Å². The average Bonchev–Trinajstić information content (AvgIpc) is 2.90. The Kier molecular flexibility index (Phi) is 27.3. The smallest absolute Gasteiger partial charge is 0.0540 e. The highest BCUT2D eigenvalue weighted by molar-refractivity contribution is 4.66. The molecule has 0 aliphatic heterocycles. The summed E-state index contributed by atoms with van der Waals surface area (Å²) < 4.78 is 0. The zero-order valence-corrected chi connectivity index (χ0v) is 31.2. The molecule has 0 aliphatic rings. The van der Waals surface area contributed by atoms with Crippen molar-refractivity contribution in [3.8, 4) is 0 Å². The van der Waals surface area contributed by atoms with E-state index in [9.17, 15) is 5.11 Å². The fourth-order valence-electron chi connectivity index (χ4n) is 6.97. The second-order valence-electron chi connectivity index (χ2n) is 16.8. The van der Waals surface area contributed by atoms with Gasteiger partial charge in [0.2, 0.25) is 0 Å². The van der Waals surface area contributed by atoms with Crippen LogP contribution in [0, 0.1) is 47.3 Å². The van der Waals surface area contributed by atoms with Gasteiger partial charge in [0.25, 0.3) is 0 Å². The molecule has 0 bridgehead atoms. The van der Waals surface area contributed by atoms with Crippen molar-refractivity contribution in [2.75, 3.05) is 0 Å². The lowest BCUT2D eigenvalue weighted by Gasteiger charge is -2.19. The van der Waals surface area contributed by atoms with Gasteiger partial charge in [0.15, 0.2) is 0 Å². The van der Waals surface area contributed by atoms with E-state index >= 15 is 0 Å². The summed E-state index contributed by atoms with van der Waals surface area (Å²) in [6.45, 7) is 24.1. The van der Waals surface area contributed by atoms with Crippen molar-refractivity contribution in [1.29, 1.82) is 0 Å². The van der Waals surface area contributed by atoms with Crippen molar-refractivity contribution >= 4 is 0 Å². The topological polar surface area (TPSA) is 20.2 Å². The molecule has 0 aliphatic carbocycles. The van der Waals surface area contributed by atoms with Crippen LogP contribution in [0.2, 0.25) is 0 Å². The Morgan fingerprint density at radius 2 is 0.452 bits per heavy atom. The lowest BCUT2D eigenvalue weighted by molar-refractivity contribution is 0.136. The molecule has 0 heterocycles. The number of aliphatic hydroxyl groups is 1. The third kappa shape index (κ3) is 28.7. The summed E-state index contributed by atoms with van der Waals surface area (Å²) in [7, 11) is 0. The van der Waals surface area contributed by atoms with Crippen molar-refractivity contribution in [3.05, 3.63) is 0 Å². The standard InChI is InChI=1S/C41H84O/c1-33(2)17-11-19-35(5)21-13-23-37(7)25-15-27-39(9)29-31-41(42)32-30-40(10)28-16-26-38(8)24-14-22-36(6)20-12-18-34(3)4/h33-42H,11-32H2,1-10H3. The molecular weight excluding hydrogens is 508 g/mol. The Morgan fingerprint density at radius 3 is 0.667 bits per heavy atom. The molecule has 254 valence electrons. The van der Waals surface area contributed by atoms with E-state index in [0.29, 0.717) is 0 Å². The maximum Gasteiger partial charge on any atom is 0.0540 e. The Balaban J connectivity index is 3.74. The average molecular weight is 593 g/mol. The molecule has 0 aromatic carbocycles. The Hall–Kier alpha value is -0.0400. The molecule has 0 saturated heterocycles. The molecule has 1 nitrogen and oxygen atoms in total. The van der Waals surface area contributed by atoms with Gasteiger partial charge in [-0.2, -0.15) is 0 Å². The first-order valence-corrected chi connectivity index (χ1v) is 19.6. The number of hydrogen-bond donors (Lipinski definition) is 1. The summed E-state index contributed by atoms with van der Waals surface area (Å²) >= 11 is 0. The number of aliphatic hydroxyl groups excluding tert-OH is 1. The van der Waals surface area contributed by atoms with Gasteiger partial charge >= 0.3 is 0 Å². The Bertz CT molecular complexity index is 505. The third-order valence-electron chi connectivity index (χ3n) is 10.5. The van der Waals surface area contributed by atoms with Gasteiger partial charge in [-0.3, -0.25) is 0 Å². The van der Waals surface area contributed by atoms with E-state index in [1.54, 1.807) is 0 Å². The van der Waals surface area contributed by atoms with Gasteiger partial charge in [-0.25, -0.2) is 0 Å². The van der Waals surface area contributed by atoms with Gasteiger partial charge in [-0.1, -0.05) is 185 Å². The summed E-state index contributed by atoms with van der Waals surface area (Å²) in [5, 5.41) is 10.6. The highest BCUT2D eigenvalue weighted by atomic mass is 16.3. The van der Waals surface area contributed by atoms with Gasteiger partial charge in [-0.05, 0) is 73.0 Å². The van der Waals surface area contributed by atoms with E-state index in [4.69, 9.17) is 0 Å². The zero-order valence-electron chi connectivity index (χ0n) is 31.2. The summed E-state index contributed by atoms with van der Waals surface area (Å²) in [5.41, 5.74) is 0. The lowest BCUT2D eigenvalue weighted by atomic mass is 9.89. The summed E-state index contributed by atoms with van der Waals surface area (Å²) in [6, 6.07) is 0. The minimum absolute atomic E-state index is 0.0854. The van der Waals surface area contributed by atoms with Crippen molar-refractivity contribution in [2.24, 2.45) is 47.3 Å². The molecule has 0 rings (SSSR count). The van der Waals surface area contributed by atoms with Crippen LogP contribution in [-0.4, -0.2) is 11.2 Å². The van der Waals surface area contributed by atoms with Crippen LogP contribution in [0.25, 0.3) is 0 Å². The van der Waals surface area contributed by atoms with Crippen molar-refractivity contribution in [3.63, 3.8) is 0 Å². The predicted molar refractivity (Wildman–Crippen MR) is 192 cm³/mol. The molecule has 0 fully saturated rings. The van der Waals surface area contributed by atoms with Crippen LogP contribution in [0.15, 0.2) is 0 Å². The normalized spacial score (nSPS) is 17.4. The van der Waals surface area contributed by atoms with Crippen molar-refractivity contribution in [1.82, 2.24) is 0 Å². The predicted octanol–water partition coefficient (Wildman–Crippen LogP) is 14.1. The van der Waals surface area contributed by atoms with E-state index in [1.807, 2.05) is 0 Å². The molecule has 0 spiro atoms. The largest absolute Gasteiger partial charge is 0.393 e. The van der Waals surface area contributed by atoms with E-state index in [0.717, 1.165) is 60.2 Å². The van der Waals surface area contributed by atoms with Crippen molar-refractivity contribution in [2.45, 2.75) is 217 Å². The van der Waals surface area contributed by atoms with Crippen LogP contribution in [0.4, 0.5) is 0 Å². The maximum atomic E-state index is 10.6. The van der Waals surface area contributed by atoms with Crippen molar-refractivity contribution < 1.29 is 5.11 Å². The van der Waals surface area contributed by atoms with Crippen LogP contribution < -0.4 is 0 Å². The first-order chi connectivity index (χ1) is 19.9. The molecule has 6 atom stereocenters. The fraction of sp³-hybridized carbons (Fsp3) is 1.00. The summed E-state index contributed by atoms with van der Waals surface area (Å²) in [5.74, 6) is 6.81. The molecule has 0 saturated carbocycles. The molecular formula is C41H84O. The Labute approximate surface area is 268 Å². The molecule has 1 heteroatoms. The minimum Gasteiger partial charge on any atom is -0.393 e. The summed E-state index contributed by atoms with van der Waals surface area (Å²) in [4.78, 5) is 0. The van der Waals surface area contributed by atoms with E-state index < -0.39 is 0 Å². The molecule has 0 aromatic heterocycles. The SMILES string of the molecule is CC(C)CCCC(C)CCCC(C)CCCC(C)CCC(O)CCC(C)CCCC(C)CCCC(C)CCCC(C)C. The highest BCUT2D eigenvalue weighted by Crippen LogP contribution is 2.26. The van der Waals surface area contributed by atoms with Crippen LogP contribution in [0.1, 0.15) is 210 Å². The maximum absolute atomic E-state index is 10.6. The van der Waals surface area contributed by atoms with Gasteiger partial charge in [0, 0.05) is 0 Å². The van der Waals surface area contributed by atoms with Crippen LogP contribution in [0.5, 0.6) is 0 Å². The third-order valence-corrected chi connectivity index (χ3v) is 10.5. The Morgan fingerprint density at radius 1 is 0.262 bits per heavy atom. The second kappa shape index (κ2) is 27.3. The van der Waals surface area contributed by atoms with Gasteiger partial charge in [0.1, 0.15) is 0 Å². The van der Waals surface area contributed by atoms with Gasteiger partial charge in [-0.15, -0.1) is 0 Å². The molecule has 6 unspecified atom stereocenters. The van der Waals surface area contributed by atoms with Crippen LogP contribution >= 0.6 is 0 Å². The first kappa shape index (κ1) is 42.0. The van der Waals surface area contributed by atoms with E-state index in [-0.39, 0.29) is 6.10 Å². The minimum atomic E-state index is -0.0854. The summed E-state index contributed by atoms with van der Waals surface area (Å²) in [6.07, 6.45) is 29.5.